The Hall–Kier alpha value is -1.86. The first-order valence-corrected chi connectivity index (χ1v) is 5.34. The number of hydrogen-bond acceptors (Lipinski definition) is 4. The van der Waals surface area contributed by atoms with Gasteiger partial charge in [0.25, 0.3) is 0 Å². The van der Waals surface area contributed by atoms with Gasteiger partial charge < -0.3 is 9.80 Å². The van der Waals surface area contributed by atoms with Gasteiger partial charge in [-0.25, -0.2) is 9.97 Å². The first-order valence-electron chi connectivity index (χ1n) is 5.34. The van der Waals surface area contributed by atoms with E-state index in [0.717, 1.165) is 18.8 Å². The summed E-state index contributed by atoms with van der Waals surface area (Å²) in [5.41, 5.74) is -0.953. The average molecular weight is 260 g/mol. The van der Waals surface area contributed by atoms with Crippen LogP contribution in [-0.4, -0.2) is 47.5 Å². The molecule has 18 heavy (non-hydrogen) atoms. The fourth-order valence-electron chi connectivity index (χ4n) is 1.73. The predicted molar refractivity (Wildman–Crippen MR) is 56.9 cm³/mol. The van der Waals surface area contributed by atoms with Gasteiger partial charge in [-0.05, 0) is 0 Å². The zero-order valence-electron chi connectivity index (χ0n) is 9.39. The van der Waals surface area contributed by atoms with Crippen LogP contribution in [0, 0.1) is 0 Å². The number of piperazine rings is 1. The minimum absolute atomic E-state index is 0.239. The van der Waals surface area contributed by atoms with E-state index in [-0.39, 0.29) is 5.82 Å². The van der Waals surface area contributed by atoms with Crippen LogP contribution in [0.25, 0.3) is 0 Å². The Morgan fingerprint density at radius 3 is 2.39 bits per heavy atom. The lowest BCUT2D eigenvalue weighted by Gasteiger charge is -2.33. The second-order valence-corrected chi connectivity index (χ2v) is 3.89. The van der Waals surface area contributed by atoms with Crippen LogP contribution in [0.2, 0.25) is 0 Å². The van der Waals surface area contributed by atoms with Crippen LogP contribution in [0.1, 0.15) is 5.69 Å². The maximum atomic E-state index is 12.5. The van der Waals surface area contributed by atoms with Crippen molar-refractivity contribution in [1.82, 2.24) is 14.9 Å². The van der Waals surface area contributed by atoms with E-state index in [1.54, 1.807) is 9.80 Å². The zero-order valence-corrected chi connectivity index (χ0v) is 9.39. The first kappa shape index (κ1) is 12.6. The van der Waals surface area contributed by atoms with Crippen molar-refractivity contribution in [2.45, 2.75) is 6.18 Å². The molecule has 0 bridgehead atoms. The summed E-state index contributed by atoms with van der Waals surface area (Å²) in [4.78, 5) is 20.8. The van der Waals surface area contributed by atoms with E-state index < -0.39 is 11.9 Å². The number of carbonyl (C=O) groups excluding carboxylic acids is 1. The van der Waals surface area contributed by atoms with Crippen LogP contribution >= 0.6 is 0 Å². The zero-order chi connectivity index (χ0) is 13.2. The van der Waals surface area contributed by atoms with Crippen LogP contribution in [0.3, 0.4) is 0 Å². The standard InChI is InChI=1S/C10H11F3N4O/c11-10(12,13)8-5-9(15-6-14-8)17-3-1-16(7-18)2-4-17/h5-7H,1-4H2. The van der Waals surface area contributed by atoms with Crippen molar-refractivity contribution in [3.8, 4) is 0 Å². The van der Waals surface area contributed by atoms with Crippen LogP contribution in [0.15, 0.2) is 12.4 Å². The topological polar surface area (TPSA) is 49.3 Å². The van der Waals surface area contributed by atoms with Gasteiger partial charge in [-0.15, -0.1) is 0 Å². The van der Waals surface area contributed by atoms with Crippen molar-refractivity contribution in [2.24, 2.45) is 0 Å². The fourth-order valence-corrected chi connectivity index (χ4v) is 1.73. The number of rotatable bonds is 2. The molecule has 1 fully saturated rings. The summed E-state index contributed by atoms with van der Waals surface area (Å²) in [7, 11) is 0. The van der Waals surface area contributed by atoms with Crippen LogP contribution in [0.5, 0.6) is 0 Å². The average Bonchev–Trinajstić information content (AvgIpc) is 2.38. The molecule has 8 heteroatoms. The van der Waals surface area contributed by atoms with E-state index in [2.05, 4.69) is 9.97 Å². The van der Waals surface area contributed by atoms with Gasteiger partial charge in [0.05, 0.1) is 0 Å². The third-order valence-electron chi connectivity index (χ3n) is 2.73. The summed E-state index contributed by atoms with van der Waals surface area (Å²) in [6.07, 6.45) is -2.83. The van der Waals surface area contributed by atoms with E-state index in [0.29, 0.717) is 26.2 Å². The molecule has 2 heterocycles. The molecule has 0 saturated carbocycles. The molecule has 2 rings (SSSR count). The molecular formula is C10H11F3N4O. The molecule has 1 saturated heterocycles. The molecular weight excluding hydrogens is 249 g/mol. The fraction of sp³-hybridized carbons (Fsp3) is 0.500. The summed E-state index contributed by atoms with van der Waals surface area (Å²) >= 11 is 0. The van der Waals surface area contributed by atoms with E-state index in [4.69, 9.17) is 0 Å². The number of anilines is 1. The van der Waals surface area contributed by atoms with Crippen molar-refractivity contribution in [3.05, 3.63) is 18.1 Å². The summed E-state index contributed by atoms with van der Waals surface area (Å²) in [6, 6.07) is 0.927. The lowest BCUT2D eigenvalue weighted by molar-refractivity contribution is -0.141. The summed E-state index contributed by atoms with van der Waals surface area (Å²) in [6.45, 7) is 1.89. The predicted octanol–water partition coefficient (Wildman–Crippen LogP) is 0.774. The molecule has 0 atom stereocenters. The number of aromatic nitrogens is 2. The number of amides is 1. The Labute approximate surface area is 101 Å². The Morgan fingerprint density at radius 2 is 1.83 bits per heavy atom. The number of nitrogens with zero attached hydrogens (tertiary/aromatic N) is 4. The number of carbonyl (C=O) groups is 1. The minimum atomic E-state index is -4.47. The van der Waals surface area contributed by atoms with E-state index in [1.807, 2.05) is 0 Å². The Balaban J connectivity index is 2.12. The highest BCUT2D eigenvalue weighted by atomic mass is 19.4. The third-order valence-corrected chi connectivity index (χ3v) is 2.73. The molecule has 0 unspecified atom stereocenters. The van der Waals surface area contributed by atoms with Gasteiger partial charge >= 0.3 is 6.18 Å². The molecule has 98 valence electrons. The molecule has 5 nitrogen and oxygen atoms in total. The number of alkyl halides is 3. The Kier molecular flexibility index (Phi) is 3.35. The van der Waals surface area contributed by atoms with Crippen LogP contribution in [0.4, 0.5) is 19.0 Å². The maximum absolute atomic E-state index is 12.5. The summed E-state index contributed by atoms with van der Waals surface area (Å²) in [5, 5.41) is 0. The molecule has 0 N–H and O–H groups in total. The molecule has 0 radical (unpaired) electrons. The second-order valence-electron chi connectivity index (χ2n) is 3.89. The van der Waals surface area contributed by atoms with Crippen molar-refractivity contribution >= 4 is 12.2 Å². The van der Waals surface area contributed by atoms with Crippen molar-refractivity contribution in [3.63, 3.8) is 0 Å². The van der Waals surface area contributed by atoms with Crippen molar-refractivity contribution in [2.75, 3.05) is 31.1 Å². The van der Waals surface area contributed by atoms with Gasteiger partial charge in [0.1, 0.15) is 17.8 Å². The summed E-state index contributed by atoms with van der Waals surface area (Å²) < 4.78 is 37.5. The monoisotopic (exact) mass is 260 g/mol. The largest absolute Gasteiger partial charge is 0.433 e. The highest BCUT2D eigenvalue weighted by Crippen LogP contribution is 2.29. The molecule has 1 aliphatic rings. The number of hydrogen-bond donors (Lipinski definition) is 0. The minimum Gasteiger partial charge on any atom is -0.353 e. The van der Waals surface area contributed by atoms with Crippen molar-refractivity contribution < 1.29 is 18.0 Å². The molecule has 1 aromatic heterocycles. The molecule has 1 aliphatic heterocycles. The second kappa shape index (κ2) is 4.79. The molecule has 0 aliphatic carbocycles. The first-order chi connectivity index (χ1) is 8.50. The van der Waals surface area contributed by atoms with E-state index >= 15 is 0 Å². The molecule has 1 amide bonds. The van der Waals surface area contributed by atoms with Crippen molar-refractivity contribution in [1.29, 1.82) is 0 Å². The van der Waals surface area contributed by atoms with Gasteiger partial charge in [0.15, 0.2) is 0 Å². The van der Waals surface area contributed by atoms with Crippen LogP contribution in [-0.2, 0) is 11.0 Å². The van der Waals surface area contributed by atoms with E-state index in [1.165, 1.54) is 0 Å². The lowest BCUT2D eigenvalue weighted by Crippen LogP contribution is -2.46. The number of halogens is 3. The van der Waals surface area contributed by atoms with Gasteiger partial charge in [-0.3, -0.25) is 4.79 Å². The highest BCUT2D eigenvalue weighted by Gasteiger charge is 2.33. The van der Waals surface area contributed by atoms with Gasteiger partial charge in [0, 0.05) is 32.2 Å². The molecule has 0 aromatic carbocycles. The Morgan fingerprint density at radius 1 is 1.17 bits per heavy atom. The normalized spacial score (nSPS) is 16.8. The lowest BCUT2D eigenvalue weighted by atomic mass is 10.3. The Bertz CT molecular complexity index is 429. The quantitative estimate of drug-likeness (QED) is 0.737. The van der Waals surface area contributed by atoms with Gasteiger partial charge in [-0.1, -0.05) is 0 Å². The highest BCUT2D eigenvalue weighted by molar-refractivity contribution is 5.49. The maximum Gasteiger partial charge on any atom is 0.433 e. The van der Waals surface area contributed by atoms with E-state index in [9.17, 15) is 18.0 Å². The van der Waals surface area contributed by atoms with Gasteiger partial charge in [-0.2, -0.15) is 13.2 Å². The smallest absolute Gasteiger partial charge is 0.353 e. The van der Waals surface area contributed by atoms with Crippen LogP contribution < -0.4 is 4.90 Å². The van der Waals surface area contributed by atoms with Gasteiger partial charge in [0.2, 0.25) is 6.41 Å². The SMILES string of the molecule is O=CN1CCN(c2cc(C(F)(F)F)ncn2)CC1. The molecule has 1 aromatic rings. The third kappa shape index (κ3) is 2.69. The summed E-state index contributed by atoms with van der Waals surface area (Å²) in [5.74, 6) is 0.239. The molecule has 0 spiro atoms.